The molecule has 0 aliphatic rings. The molecule has 212 valence electrons. The first-order valence-electron chi connectivity index (χ1n) is 12.9. The summed E-state index contributed by atoms with van der Waals surface area (Å²) >= 11 is 0. The van der Waals surface area contributed by atoms with Crippen molar-refractivity contribution in [2.24, 2.45) is 0 Å². The third-order valence-electron chi connectivity index (χ3n) is 4.83. The number of para-hydroxylation sites is 2. The topological polar surface area (TPSA) is 110 Å². The number of carbonyl (C=O) groups excluding carboxylic acids is 2. The van der Waals surface area contributed by atoms with Crippen LogP contribution >= 0.6 is 0 Å². The molecule has 0 amide bonds. The number of ketones is 2. The second kappa shape index (κ2) is 22.2. The van der Waals surface area contributed by atoms with E-state index in [1.165, 1.54) is 13.8 Å². The predicted molar refractivity (Wildman–Crippen MR) is 145 cm³/mol. The fourth-order valence-corrected chi connectivity index (χ4v) is 3.04. The summed E-state index contributed by atoms with van der Waals surface area (Å²) in [4.78, 5) is 22.7. The summed E-state index contributed by atoms with van der Waals surface area (Å²) in [6, 6.07) is 14.4. The first-order valence-corrected chi connectivity index (χ1v) is 12.9. The minimum atomic E-state index is -0.0195. The van der Waals surface area contributed by atoms with Gasteiger partial charge in [-0.2, -0.15) is 0 Å². The monoisotopic (exact) mass is 534 g/mol. The number of hydrogen-bond donors (Lipinski definition) is 1. The molecule has 2 aromatic carbocycles. The Morgan fingerprint density at radius 2 is 0.947 bits per heavy atom. The molecule has 0 bridgehead atoms. The summed E-state index contributed by atoms with van der Waals surface area (Å²) in [5, 5.41) is 8.49. The maximum Gasteiger partial charge on any atom is 0.163 e. The van der Waals surface area contributed by atoms with Crippen molar-refractivity contribution in [2.45, 2.75) is 27.2 Å². The largest absolute Gasteiger partial charge is 0.490 e. The van der Waals surface area contributed by atoms with Crippen molar-refractivity contribution in [3.05, 3.63) is 59.7 Å². The highest BCUT2D eigenvalue weighted by Gasteiger charge is 2.07. The molecule has 2 rings (SSSR count). The van der Waals surface area contributed by atoms with Crippen LogP contribution < -0.4 is 9.47 Å². The van der Waals surface area contributed by atoms with E-state index in [-0.39, 0.29) is 18.2 Å². The minimum Gasteiger partial charge on any atom is -0.490 e. The van der Waals surface area contributed by atoms with E-state index < -0.39 is 0 Å². The van der Waals surface area contributed by atoms with Crippen LogP contribution in [0.15, 0.2) is 48.5 Å². The Morgan fingerprint density at radius 3 is 1.34 bits per heavy atom. The van der Waals surface area contributed by atoms with Gasteiger partial charge in [-0.15, -0.1) is 0 Å². The zero-order chi connectivity index (χ0) is 27.8. The third kappa shape index (κ3) is 15.4. The highest BCUT2D eigenvalue weighted by Crippen LogP contribution is 2.19. The summed E-state index contributed by atoms with van der Waals surface area (Å²) in [7, 11) is 0. The zero-order valence-corrected chi connectivity index (χ0v) is 22.8. The van der Waals surface area contributed by atoms with E-state index in [0.717, 1.165) is 13.0 Å². The van der Waals surface area contributed by atoms with Crippen LogP contribution in [0.25, 0.3) is 0 Å². The summed E-state index contributed by atoms with van der Waals surface area (Å²) in [6.45, 7) is 10.0. The molecule has 0 aliphatic heterocycles. The number of aliphatic hydroxyl groups is 1. The van der Waals surface area contributed by atoms with Gasteiger partial charge in [0.25, 0.3) is 0 Å². The maximum atomic E-state index is 11.4. The van der Waals surface area contributed by atoms with Crippen LogP contribution in [0.5, 0.6) is 11.5 Å². The molecule has 0 heterocycles. The Bertz CT molecular complexity index is 828. The number of benzene rings is 2. The summed E-state index contributed by atoms with van der Waals surface area (Å²) < 4.78 is 32.0. The van der Waals surface area contributed by atoms with Crippen molar-refractivity contribution in [2.75, 3.05) is 72.7 Å². The van der Waals surface area contributed by atoms with Gasteiger partial charge >= 0.3 is 0 Å². The van der Waals surface area contributed by atoms with Crippen LogP contribution in [0.3, 0.4) is 0 Å². The average molecular weight is 535 g/mol. The molecule has 0 saturated heterocycles. The Kier molecular flexibility index (Phi) is 19.4. The number of carbonyl (C=O) groups is 2. The molecule has 0 aromatic heterocycles. The van der Waals surface area contributed by atoms with E-state index in [1.807, 2.05) is 18.2 Å². The van der Waals surface area contributed by atoms with Crippen molar-refractivity contribution in [3.8, 4) is 11.5 Å². The molecule has 9 heteroatoms. The van der Waals surface area contributed by atoms with Crippen LogP contribution in [-0.4, -0.2) is 89.3 Å². The molecule has 2 aromatic rings. The van der Waals surface area contributed by atoms with Gasteiger partial charge in [-0.25, -0.2) is 0 Å². The molecule has 0 aliphatic carbocycles. The lowest BCUT2D eigenvalue weighted by molar-refractivity contribution is 0.0246. The van der Waals surface area contributed by atoms with E-state index in [4.69, 9.17) is 33.5 Å². The van der Waals surface area contributed by atoms with Gasteiger partial charge in [0.1, 0.15) is 24.7 Å². The molecule has 0 radical (unpaired) electrons. The predicted octanol–water partition coefficient (Wildman–Crippen LogP) is 4.00. The van der Waals surface area contributed by atoms with Gasteiger partial charge in [-0.05, 0) is 44.5 Å². The zero-order valence-electron chi connectivity index (χ0n) is 22.8. The van der Waals surface area contributed by atoms with E-state index in [1.54, 1.807) is 30.3 Å². The van der Waals surface area contributed by atoms with Gasteiger partial charge in [0.15, 0.2) is 11.6 Å². The highest BCUT2D eigenvalue weighted by molar-refractivity contribution is 5.97. The lowest BCUT2D eigenvalue weighted by Gasteiger charge is -2.10. The average Bonchev–Trinajstić information content (AvgIpc) is 2.92. The first-order chi connectivity index (χ1) is 18.5. The van der Waals surface area contributed by atoms with Gasteiger partial charge in [0.05, 0.1) is 64.0 Å². The fraction of sp³-hybridized carbons (Fsp3) is 0.517. The Morgan fingerprint density at radius 1 is 0.579 bits per heavy atom. The Hall–Kier alpha value is -2.82. The number of hydrogen-bond acceptors (Lipinski definition) is 9. The van der Waals surface area contributed by atoms with Crippen LogP contribution in [0.1, 0.15) is 47.9 Å². The van der Waals surface area contributed by atoms with Crippen molar-refractivity contribution < 1.29 is 43.1 Å². The Balaban J connectivity index is 0.000000380. The molecule has 0 unspecified atom stereocenters. The molecular formula is C29H42O9. The van der Waals surface area contributed by atoms with Crippen molar-refractivity contribution >= 4 is 11.6 Å². The maximum absolute atomic E-state index is 11.4. The Labute approximate surface area is 225 Å². The van der Waals surface area contributed by atoms with Crippen LogP contribution in [0, 0.1) is 0 Å². The number of Topliss-reactive ketones (excluding diaryl/α,β-unsaturated/α-hetero) is 2. The molecule has 0 saturated carbocycles. The molecule has 0 fully saturated rings. The second-order valence-corrected chi connectivity index (χ2v) is 7.97. The standard InChI is InChI=1S/C15H22O4.C14H20O5/c1-3-8-17-9-10-18-11-12-19-15-7-5-4-6-14(15)13(2)16;1-12(16)13-4-2-3-5-14(13)19-11-10-18-9-8-17-7-6-15/h4-7H,3,8-12H2,1-2H3;2-5,15H,6-11H2,1H3. The lowest BCUT2D eigenvalue weighted by Crippen LogP contribution is -2.12. The van der Waals surface area contributed by atoms with E-state index >= 15 is 0 Å². The SMILES string of the molecule is CC(=O)c1ccccc1OCCOCCOCCO.CCCOCCOCCOc1ccccc1C(C)=O. The summed E-state index contributed by atoms with van der Waals surface area (Å²) in [6.07, 6.45) is 1.02. The van der Waals surface area contributed by atoms with Crippen LogP contribution in [-0.2, 0) is 18.9 Å². The van der Waals surface area contributed by atoms with Crippen LogP contribution in [0.2, 0.25) is 0 Å². The second-order valence-electron chi connectivity index (χ2n) is 7.97. The number of aliphatic hydroxyl groups excluding tert-OH is 1. The van der Waals surface area contributed by atoms with Crippen LogP contribution in [0.4, 0.5) is 0 Å². The quantitative estimate of drug-likeness (QED) is 0.199. The number of ether oxygens (including phenoxy) is 6. The van der Waals surface area contributed by atoms with E-state index in [9.17, 15) is 9.59 Å². The van der Waals surface area contributed by atoms with Crippen molar-refractivity contribution in [1.29, 1.82) is 0 Å². The highest BCUT2D eigenvalue weighted by atomic mass is 16.6. The molecular weight excluding hydrogens is 492 g/mol. The molecule has 0 spiro atoms. The first kappa shape index (κ1) is 33.2. The smallest absolute Gasteiger partial charge is 0.163 e. The van der Waals surface area contributed by atoms with Crippen molar-refractivity contribution in [3.63, 3.8) is 0 Å². The van der Waals surface area contributed by atoms with E-state index in [2.05, 4.69) is 6.92 Å². The molecule has 38 heavy (non-hydrogen) atoms. The van der Waals surface area contributed by atoms with Crippen molar-refractivity contribution in [1.82, 2.24) is 0 Å². The van der Waals surface area contributed by atoms with Gasteiger partial charge in [-0.3, -0.25) is 9.59 Å². The molecule has 9 nitrogen and oxygen atoms in total. The summed E-state index contributed by atoms with van der Waals surface area (Å²) in [5.74, 6) is 1.18. The van der Waals surface area contributed by atoms with Gasteiger partial charge in [0.2, 0.25) is 0 Å². The lowest BCUT2D eigenvalue weighted by atomic mass is 10.1. The molecule has 1 N–H and O–H groups in total. The molecule has 0 atom stereocenters. The van der Waals surface area contributed by atoms with Gasteiger partial charge in [-0.1, -0.05) is 31.2 Å². The van der Waals surface area contributed by atoms with E-state index in [0.29, 0.717) is 82.1 Å². The number of rotatable bonds is 20. The normalized spacial score (nSPS) is 10.4. The fourth-order valence-electron chi connectivity index (χ4n) is 3.04. The minimum absolute atomic E-state index is 0.00415. The third-order valence-corrected chi connectivity index (χ3v) is 4.83. The summed E-state index contributed by atoms with van der Waals surface area (Å²) in [5.41, 5.74) is 1.18. The van der Waals surface area contributed by atoms with Gasteiger partial charge in [0, 0.05) is 6.61 Å². The van der Waals surface area contributed by atoms with Gasteiger partial charge < -0.3 is 33.5 Å².